The fourth-order valence-electron chi connectivity index (χ4n) is 3.37. The minimum atomic E-state index is -0.0572. The van der Waals surface area contributed by atoms with Crippen molar-refractivity contribution in [3.63, 3.8) is 0 Å². The number of aliphatic imine (C=N–C) groups is 1. The average molecular weight is 566 g/mol. The molecule has 0 radical (unpaired) electrons. The Morgan fingerprint density at radius 3 is 2.36 bits per heavy atom. The minimum absolute atomic E-state index is 0. The van der Waals surface area contributed by atoms with Gasteiger partial charge in [0.15, 0.2) is 24.1 Å². The number of hydrogen-bond acceptors (Lipinski definition) is 5. The molecule has 178 valence electrons. The van der Waals surface area contributed by atoms with Crippen LogP contribution in [0.15, 0.2) is 47.5 Å². The maximum Gasteiger partial charge on any atom is 0.258 e. The largest absolute Gasteiger partial charge is 0.484 e. The Morgan fingerprint density at radius 1 is 1.00 bits per heavy atom. The molecule has 0 spiro atoms. The Kier molecular flexibility index (Phi) is 9.47. The van der Waals surface area contributed by atoms with Crippen LogP contribution in [0.2, 0.25) is 0 Å². The molecule has 9 heteroatoms. The normalized spacial score (nSPS) is 14.3. The summed E-state index contributed by atoms with van der Waals surface area (Å²) in [6.07, 6.45) is 3.87. The summed E-state index contributed by atoms with van der Waals surface area (Å²) in [7, 11) is 1.77. The van der Waals surface area contributed by atoms with Crippen molar-refractivity contribution < 1.29 is 19.0 Å². The van der Waals surface area contributed by atoms with Crippen molar-refractivity contribution in [3.8, 4) is 17.2 Å². The number of guanidine groups is 1. The summed E-state index contributed by atoms with van der Waals surface area (Å²) in [5.41, 5.74) is 2.37. The van der Waals surface area contributed by atoms with E-state index >= 15 is 0 Å². The van der Waals surface area contributed by atoms with Crippen LogP contribution in [0.5, 0.6) is 17.2 Å². The Bertz CT molecular complexity index is 948. The number of carbonyl (C=O) groups is 1. The van der Waals surface area contributed by atoms with Crippen molar-refractivity contribution >= 4 is 35.8 Å². The number of fused-ring (bicyclic) bond motifs is 1. The van der Waals surface area contributed by atoms with E-state index in [4.69, 9.17) is 14.2 Å². The van der Waals surface area contributed by atoms with Crippen LogP contribution in [0.4, 0.5) is 0 Å². The van der Waals surface area contributed by atoms with E-state index in [-0.39, 0.29) is 36.5 Å². The molecule has 8 nitrogen and oxygen atoms in total. The number of carbonyl (C=O) groups excluding carboxylic acids is 1. The van der Waals surface area contributed by atoms with Gasteiger partial charge in [0.1, 0.15) is 5.75 Å². The van der Waals surface area contributed by atoms with Crippen molar-refractivity contribution in [2.45, 2.75) is 31.7 Å². The monoisotopic (exact) mass is 566 g/mol. The Labute approximate surface area is 211 Å². The second-order valence-corrected chi connectivity index (χ2v) is 7.89. The number of rotatable bonds is 10. The summed E-state index contributed by atoms with van der Waals surface area (Å²) < 4.78 is 16.3. The molecule has 0 saturated heterocycles. The lowest BCUT2D eigenvalue weighted by Gasteiger charge is -2.12. The van der Waals surface area contributed by atoms with Crippen LogP contribution in [0.1, 0.15) is 24.0 Å². The molecule has 2 aromatic carbocycles. The quantitative estimate of drug-likeness (QED) is 0.233. The molecule has 0 aromatic heterocycles. The fraction of sp³-hybridized carbons (Fsp3) is 0.417. The average Bonchev–Trinajstić information content (AvgIpc) is 3.50. The van der Waals surface area contributed by atoms with Gasteiger partial charge in [0.2, 0.25) is 6.79 Å². The van der Waals surface area contributed by atoms with E-state index in [9.17, 15) is 4.79 Å². The molecule has 0 unspecified atom stereocenters. The van der Waals surface area contributed by atoms with Crippen LogP contribution >= 0.6 is 24.0 Å². The lowest BCUT2D eigenvalue weighted by molar-refractivity contribution is -0.123. The number of hydrogen-bond donors (Lipinski definition) is 3. The Hall–Kier alpha value is -2.69. The van der Waals surface area contributed by atoms with Crippen LogP contribution in [0.3, 0.4) is 0 Å². The zero-order valence-electron chi connectivity index (χ0n) is 18.8. The maximum absolute atomic E-state index is 11.7. The summed E-state index contributed by atoms with van der Waals surface area (Å²) in [4.78, 5) is 16.0. The summed E-state index contributed by atoms with van der Waals surface area (Å²) in [5, 5.41) is 9.58. The highest BCUT2D eigenvalue weighted by Gasteiger charge is 2.23. The second kappa shape index (κ2) is 12.5. The minimum Gasteiger partial charge on any atom is -0.484 e. The molecule has 0 bridgehead atoms. The number of amides is 1. The van der Waals surface area contributed by atoms with E-state index in [1.165, 1.54) is 11.1 Å². The van der Waals surface area contributed by atoms with Crippen molar-refractivity contribution in [1.82, 2.24) is 16.0 Å². The number of benzene rings is 2. The third kappa shape index (κ3) is 7.99. The lowest BCUT2D eigenvalue weighted by atomic mass is 10.1. The van der Waals surface area contributed by atoms with E-state index in [1.807, 2.05) is 36.4 Å². The topological polar surface area (TPSA) is 93.2 Å². The maximum atomic E-state index is 11.7. The van der Waals surface area contributed by atoms with Gasteiger partial charge in [-0.3, -0.25) is 9.79 Å². The van der Waals surface area contributed by atoms with E-state index in [1.54, 1.807) is 7.05 Å². The van der Waals surface area contributed by atoms with Gasteiger partial charge >= 0.3 is 0 Å². The number of halogens is 1. The number of ether oxygens (including phenoxy) is 3. The van der Waals surface area contributed by atoms with Crippen molar-refractivity contribution in [3.05, 3.63) is 53.6 Å². The number of nitrogens with one attached hydrogen (secondary N) is 3. The van der Waals surface area contributed by atoms with Crippen LogP contribution in [-0.2, 0) is 17.6 Å². The van der Waals surface area contributed by atoms with Gasteiger partial charge in [0, 0.05) is 26.2 Å². The highest BCUT2D eigenvalue weighted by Crippen LogP contribution is 2.32. The van der Waals surface area contributed by atoms with E-state index < -0.39 is 0 Å². The summed E-state index contributed by atoms with van der Waals surface area (Å²) >= 11 is 0. The molecule has 3 N–H and O–H groups in total. The third-order valence-electron chi connectivity index (χ3n) is 5.31. The van der Waals surface area contributed by atoms with Crippen molar-refractivity contribution in [2.75, 3.05) is 33.5 Å². The fourth-order valence-corrected chi connectivity index (χ4v) is 3.37. The van der Waals surface area contributed by atoms with Gasteiger partial charge in [-0.1, -0.05) is 18.2 Å². The van der Waals surface area contributed by atoms with E-state index in [0.29, 0.717) is 18.6 Å². The van der Waals surface area contributed by atoms with Crippen molar-refractivity contribution in [1.29, 1.82) is 0 Å². The molecule has 1 amide bonds. The first-order chi connectivity index (χ1) is 15.7. The zero-order valence-corrected chi connectivity index (χ0v) is 21.1. The summed E-state index contributed by atoms with van der Waals surface area (Å²) in [5.74, 6) is 3.03. The first-order valence-corrected chi connectivity index (χ1v) is 11.0. The smallest absolute Gasteiger partial charge is 0.258 e. The van der Waals surface area contributed by atoms with Gasteiger partial charge in [-0.25, -0.2) is 0 Å². The summed E-state index contributed by atoms with van der Waals surface area (Å²) in [6, 6.07) is 14.2. The molecule has 33 heavy (non-hydrogen) atoms. The second-order valence-electron chi connectivity index (χ2n) is 7.89. The van der Waals surface area contributed by atoms with Crippen LogP contribution in [0.25, 0.3) is 0 Å². The van der Waals surface area contributed by atoms with Crippen LogP contribution in [-0.4, -0.2) is 51.4 Å². The molecule has 1 aliphatic heterocycles. The lowest BCUT2D eigenvalue weighted by Crippen LogP contribution is -2.39. The molecule has 4 rings (SSSR count). The molecule has 1 heterocycles. The van der Waals surface area contributed by atoms with Gasteiger partial charge < -0.3 is 30.2 Å². The van der Waals surface area contributed by atoms with Crippen LogP contribution in [0, 0.1) is 0 Å². The first kappa shape index (κ1) is 24.9. The molecule has 2 aromatic rings. The van der Waals surface area contributed by atoms with E-state index in [2.05, 4.69) is 27.0 Å². The number of nitrogens with zero attached hydrogens (tertiary/aromatic N) is 1. The molecular weight excluding hydrogens is 535 g/mol. The SMILES string of the molecule is CN=C(NCCc1ccc(OCC(=O)NC2CC2)cc1)NCCc1ccc2c(c1)OCO2.I. The van der Waals surface area contributed by atoms with Gasteiger partial charge in [-0.15, -0.1) is 24.0 Å². The third-order valence-corrected chi connectivity index (χ3v) is 5.31. The molecular formula is C24H31IN4O4. The molecule has 1 aliphatic carbocycles. The highest BCUT2D eigenvalue weighted by molar-refractivity contribution is 14.0. The first-order valence-electron chi connectivity index (χ1n) is 11.0. The molecule has 1 fully saturated rings. The molecule has 1 saturated carbocycles. The van der Waals surface area contributed by atoms with E-state index in [0.717, 1.165) is 56.2 Å². The Morgan fingerprint density at radius 2 is 1.67 bits per heavy atom. The Balaban J connectivity index is 0.00000306. The van der Waals surface area contributed by atoms with Gasteiger partial charge in [-0.2, -0.15) is 0 Å². The molecule has 2 aliphatic rings. The standard InChI is InChI=1S/C24H30N4O4.HI/c1-25-24(27-13-11-18-4-9-21-22(14-18)32-16-31-21)26-12-10-17-2-7-20(8-3-17)30-15-23(29)28-19-5-6-19;/h2-4,7-9,14,19H,5-6,10-13,15-16H2,1H3,(H,28,29)(H2,25,26,27);1H. The zero-order chi connectivity index (χ0) is 22.2. The van der Waals surface area contributed by atoms with Crippen molar-refractivity contribution in [2.24, 2.45) is 4.99 Å². The van der Waals surface area contributed by atoms with Gasteiger partial charge in [0.05, 0.1) is 0 Å². The molecule has 0 atom stereocenters. The highest BCUT2D eigenvalue weighted by atomic mass is 127. The predicted octanol–water partition coefficient (Wildman–Crippen LogP) is 2.64. The predicted molar refractivity (Wildman–Crippen MR) is 138 cm³/mol. The van der Waals surface area contributed by atoms with Crippen LogP contribution < -0.4 is 30.2 Å². The summed E-state index contributed by atoms with van der Waals surface area (Å²) in [6.45, 7) is 1.87. The van der Waals surface area contributed by atoms with Gasteiger partial charge in [-0.05, 0) is 61.1 Å². The van der Waals surface area contributed by atoms with Gasteiger partial charge in [0.25, 0.3) is 5.91 Å².